The van der Waals surface area contributed by atoms with Crippen LogP contribution in [0.25, 0.3) is 0 Å². The molecule has 1 saturated carbocycles. The Morgan fingerprint density at radius 1 is 0.895 bits per heavy atom. The van der Waals surface area contributed by atoms with E-state index in [-0.39, 0.29) is 0 Å². The van der Waals surface area contributed by atoms with E-state index in [1.165, 1.54) is 82.8 Å². The van der Waals surface area contributed by atoms with Gasteiger partial charge in [0.1, 0.15) is 0 Å². The lowest BCUT2D eigenvalue weighted by Crippen LogP contribution is -2.38. The third-order valence-electron chi connectivity index (χ3n) is 6.02. The molecule has 0 radical (unpaired) electrons. The van der Waals surface area contributed by atoms with Crippen LogP contribution < -0.4 is 0 Å². The van der Waals surface area contributed by atoms with Gasteiger partial charge in [0, 0.05) is 18.4 Å². The van der Waals surface area contributed by atoms with E-state index in [0.717, 1.165) is 0 Å². The standard InChI is InChI=1S/C17H32BrN/c1-3-16(4-2)11-12-19(14-16)15-17(13-18)9-7-5-6-8-10-17/h3-15H2,1-2H3. The number of hydrogen-bond acceptors (Lipinski definition) is 1. The minimum absolute atomic E-state index is 0.577. The molecule has 0 unspecified atom stereocenters. The maximum Gasteiger partial charge on any atom is 0.0100 e. The zero-order valence-corrected chi connectivity index (χ0v) is 14.6. The van der Waals surface area contributed by atoms with Crippen molar-refractivity contribution in [3.05, 3.63) is 0 Å². The van der Waals surface area contributed by atoms with E-state index in [1.54, 1.807) is 0 Å². The van der Waals surface area contributed by atoms with Crippen LogP contribution in [0.2, 0.25) is 0 Å². The molecule has 0 atom stereocenters. The van der Waals surface area contributed by atoms with Gasteiger partial charge < -0.3 is 4.90 Å². The van der Waals surface area contributed by atoms with Crippen molar-refractivity contribution >= 4 is 15.9 Å². The molecule has 0 aromatic heterocycles. The number of hydrogen-bond donors (Lipinski definition) is 0. The van der Waals surface area contributed by atoms with Crippen molar-refractivity contribution < 1.29 is 0 Å². The van der Waals surface area contributed by atoms with Crippen LogP contribution in [0.5, 0.6) is 0 Å². The van der Waals surface area contributed by atoms with Crippen molar-refractivity contribution in [3.63, 3.8) is 0 Å². The summed E-state index contributed by atoms with van der Waals surface area (Å²) in [6.07, 6.45) is 12.9. The Balaban J connectivity index is 1.95. The number of rotatable bonds is 5. The summed E-state index contributed by atoms with van der Waals surface area (Å²) in [4.78, 5) is 2.79. The third kappa shape index (κ3) is 3.75. The number of nitrogens with zero attached hydrogens (tertiary/aromatic N) is 1. The molecule has 19 heavy (non-hydrogen) atoms. The molecule has 1 nitrogen and oxygen atoms in total. The van der Waals surface area contributed by atoms with E-state index in [1.807, 2.05) is 0 Å². The molecule has 1 saturated heterocycles. The average Bonchev–Trinajstić information content (AvgIpc) is 2.71. The van der Waals surface area contributed by atoms with Crippen LogP contribution in [0.15, 0.2) is 0 Å². The second kappa shape index (κ2) is 6.93. The van der Waals surface area contributed by atoms with Crippen molar-refractivity contribution in [2.24, 2.45) is 10.8 Å². The van der Waals surface area contributed by atoms with Gasteiger partial charge in [0.2, 0.25) is 0 Å². The fourth-order valence-corrected chi connectivity index (χ4v) is 5.01. The minimum Gasteiger partial charge on any atom is -0.302 e. The molecule has 2 rings (SSSR count). The average molecular weight is 330 g/mol. The van der Waals surface area contributed by atoms with E-state index in [2.05, 4.69) is 34.7 Å². The monoisotopic (exact) mass is 329 g/mol. The fourth-order valence-electron chi connectivity index (χ4n) is 4.28. The van der Waals surface area contributed by atoms with Gasteiger partial charge in [0.25, 0.3) is 0 Å². The Kier molecular flexibility index (Phi) is 5.77. The molecule has 0 aromatic carbocycles. The van der Waals surface area contributed by atoms with Crippen LogP contribution in [0.4, 0.5) is 0 Å². The van der Waals surface area contributed by atoms with Crippen molar-refractivity contribution in [2.75, 3.05) is 25.0 Å². The van der Waals surface area contributed by atoms with E-state index in [9.17, 15) is 0 Å². The summed E-state index contributed by atoms with van der Waals surface area (Å²) >= 11 is 3.85. The molecular formula is C17H32BrN. The quantitative estimate of drug-likeness (QED) is 0.492. The van der Waals surface area contributed by atoms with E-state index in [0.29, 0.717) is 10.8 Å². The lowest BCUT2D eigenvalue weighted by molar-refractivity contribution is 0.155. The molecular weight excluding hydrogens is 298 g/mol. The zero-order chi connectivity index (χ0) is 13.8. The topological polar surface area (TPSA) is 3.24 Å². The second-order valence-electron chi connectivity index (χ2n) is 7.22. The highest BCUT2D eigenvalue weighted by Crippen LogP contribution is 2.42. The Morgan fingerprint density at radius 2 is 1.53 bits per heavy atom. The SMILES string of the molecule is CCC1(CC)CCN(CC2(CBr)CCCCCC2)C1. The molecule has 1 heterocycles. The highest BCUT2D eigenvalue weighted by atomic mass is 79.9. The van der Waals surface area contributed by atoms with E-state index < -0.39 is 0 Å². The first-order valence-corrected chi connectivity index (χ1v) is 9.58. The van der Waals surface area contributed by atoms with Gasteiger partial charge >= 0.3 is 0 Å². The zero-order valence-electron chi connectivity index (χ0n) is 13.0. The van der Waals surface area contributed by atoms with Gasteiger partial charge in [-0.05, 0) is 49.5 Å². The predicted molar refractivity (Wildman–Crippen MR) is 88.0 cm³/mol. The Hall–Kier alpha value is 0.440. The third-order valence-corrected chi connectivity index (χ3v) is 7.21. The van der Waals surface area contributed by atoms with Gasteiger partial charge in [0.05, 0.1) is 0 Å². The van der Waals surface area contributed by atoms with Gasteiger partial charge in [-0.3, -0.25) is 0 Å². The van der Waals surface area contributed by atoms with Gasteiger partial charge in [-0.2, -0.15) is 0 Å². The van der Waals surface area contributed by atoms with Gasteiger partial charge in [-0.1, -0.05) is 55.5 Å². The summed E-state index contributed by atoms with van der Waals surface area (Å²) in [5.41, 5.74) is 1.21. The lowest BCUT2D eigenvalue weighted by Gasteiger charge is -2.36. The largest absolute Gasteiger partial charge is 0.302 e. The smallest absolute Gasteiger partial charge is 0.0100 e. The Morgan fingerprint density at radius 3 is 2.00 bits per heavy atom. The highest BCUT2D eigenvalue weighted by molar-refractivity contribution is 9.09. The molecule has 112 valence electrons. The summed E-state index contributed by atoms with van der Waals surface area (Å²) in [7, 11) is 0. The predicted octanol–water partition coefficient (Wildman–Crippen LogP) is 5.23. The van der Waals surface area contributed by atoms with Gasteiger partial charge in [-0.15, -0.1) is 0 Å². The lowest BCUT2D eigenvalue weighted by atomic mass is 9.80. The first-order valence-electron chi connectivity index (χ1n) is 8.46. The summed E-state index contributed by atoms with van der Waals surface area (Å²) in [6.45, 7) is 8.82. The molecule has 0 spiro atoms. The Bertz CT molecular complexity index is 264. The summed E-state index contributed by atoms with van der Waals surface area (Å²) < 4.78 is 0. The molecule has 1 aliphatic heterocycles. The van der Waals surface area contributed by atoms with Crippen LogP contribution in [-0.4, -0.2) is 29.9 Å². The van der Waals surface area contributed by atoms with E-state index in [4.69, 9.17) is 0 Å². The van der Waals surface area contributed by atoms with Crippen LogP contribution in [0, 0.1) is 10.8 Å². The summed E-state index contributed by atoms with van der Waals surface area (Å²) in [6, 6.07) is 0. The Labute approximate surface area is 128 Å². The molecule has 2 fully saturated rings. The van der Waals surface area contributed by atoms with Crippen molar-refractivity contribution in [3.8, 4) is 0 Å². The van der Waals surface area contributed by atoms with Crippen LogP contribution in [0.1, 0.15) is 71.6 Å². The number of likely N-dealkylation sites (tertiary alicyclic amines) is 1. The highest BCUT2D eigenvalue weighted by Gasteiger charge is 2.39. The van der Waals surface area contributed by atoms with E-state index >= 15 is 0 Å². The van der Waals surface area contributed by atoms with Crippen LogP contribution >= 0.6 is 15.9 Å². The molecule has 1 aliphatic carbocycles. The maximum atomic E-state index is 3.85. The van der Waals surface area contributed by atoms with Gasteiger partial charge in [0.15, 0.2) is 0 Å². The normalized spacial score (nSPS) is 27.3. The fraction of sp³-hybridized carbons (Fsp3) is 1.00. The summed E-state index contributed by atoms with van der Waals surface area (Å²) in [5, 5.41) is 1.21. The minimum atomic E-state index is 0.577. The second-order valence-corrected chi connectivity index (χ2v) is 7.78. The molecule has 0 bridgehead atoms. The van der Waals surface area contributed by atoms with Crippen LogP contribution in [-0.2, 0) is 0 Å². The first kappa shape index (κ1) is 15.8. The number of halogens is 1. The molecule has 0 N–H and O–H groups in total. The summed E-state index contributed by atoms with van der Waals surface area (Å²) in [5.74, 6) is 0. The van der Waals surface area contributed by atoms with Crippen molar-refractivity contribution in [2.45, 2.75) is 71.6 Å². The maximum absolute atomic E-state index is 3.85. The van der Waals surface area contributed by atoms with Crippen molar-refractivity contribution in [1.29, 1.82) is 0 Å². The van der Waals surface area contributed by atoms with Gasteiger partial charge in [-0.25, -0.2) is 0 Å². The molecule has 2 aliphatic rings. The first-order chi connectivity index (χ1) is 9.17. The molecule has 0 amide bonds. The van der Waals surface area contributed by atoms with Crippen molar-refractivity contribution in [1.82, 2.24) is 4.90 Å². The van der Waals surface area contributed by atoms with Crippen LogP contribution in [0.3, 0.4) is 0 Å². The molecule has 0 aromatic rings. The molecule has 2 heteroatoms. The number of alkyl halides is 1.